The van der Waals surface area contributed by atoms with Crippen molar-refractivity contribution < 1.29 is 9.30 Å². The zero-order valence-corrected chi connectivity index (χ0v) is 28.6. The van der Waals surface area contributed by atoms with Crippen LogP contribution in [0.15, 0.2) is 116 Å². The molecule has 4 fully saturated rings. The normalized spacial score (nSPS) is 23.2. The van der Waals surface area contributed by atoms with Gasteiger partial charge in [0.05, 0.1) is 11.0 Å². The van der Waals surface area contributed by atoms with Gasteiger partial charge in [0.2, 0.25) is 6.33 Å². The molecule has 11 rings (SSSR count). The van der Waals surface area contributed by atoms with E-state index in [0.29, 0.717) is 0 Å². The number of pyridine rings is 1. The second kappa shape index (κ2) is 10.5. The van der Waals surface area contributed by atoms with Gasteiger partial charge in [-0.1, -0.05) is 57.2 Å². The fraction of sp³-hybridized carbons (Fsp3) is 0.318. The van der Waals surface area contributed by atoms with Gasteiger partial charge in [-0.3, -0.25) is 4.57 Å². The molecule has 4 aromatic carbocycles. The molecule has 0 aliphatic heterocycles. The van der Waals surface area contributed by atoms with Crippen molar-refractivity contribution in [2.45, 2.75) is 70.3 Å². The Balaban J connectivity index is 1.04. The molecule has 5 nitrogen and oxygen atoms in total. The van der Waals surface area contributed by atoms with E-state index in [1.807, 2.05) is 6.20 Å². The van der Waals surface area contributed by atoms with Gasteiger partial charge in [0, 0.05) is 29.1 Å². The van der Waals surface area contributed by atoms with Gasteiger partial charge in [-0.25, -0.2) is 9.55 Å². The van der Waals surface area contributed by atoms with E-state index in [1.54, 1.807) is 0 Å². The highest BCUT2D eigenvalue weighted by atomic mass is 16.5. The quantitative estimate of drug-likeness (QED) is 0.175. The van der Waals surface area contributed by atoms with Crippen LogP contribution in [0.25, 0.3) is 44.3 Å². The highest BCUT2D eigenvalue weighted by Gasteiger charge is 2.55. The molecule has 3 aromatic heterocycles. The largest absolute Gasteiger partial charge is 0.457 e. The summed E-state index contributed by atoms with van der Waals surface area (Å²) in [4.78, 5) is 4.86. The van der Waals surface area contributed by atoms with Crippen molar-refractivity contribution in [3.63, 3.8) is 0 Å². The first-order chi connectivity index (χ1) is 23.8. The van der Waals surface area contributed by atoms with Crippen LogP contribution in [-0.2, 0) is 11.0 Å². The summed E-state index contributed by atoms with van der Waals surface area (Å²) in [6.07, 6.45) is 12.7. The molecule has 0 amide bonds. The summed E-state index contributed by atoms with van der Waals surface area (Å²) in [5.41, 5.74) is 7.48. The predicted octanol–water partition coefficient (Wildman–Crippen LogP) is 10.4. The molecule has 49 heavy (non-hydrogen) atoms. The van der Waals surface area contributed by atoms with E-state index in [9.17, 15) is 0 Å². The molecule has 0 atom stereocenters. The van der Waals surface area contributed by atoms with Gasteiger partial charge < -0.3 is 4.74 Å². The van der Waals surface area contributed by atoms with Crippen LogP contribution in [-0.4, -0.2) is 14.1 Å². The van der Waals surface area contributed by atoms with Gasteiger partial charge in [-0.05, 0) is 122 Å². The van der Waals surface area contributed by atoms with E-state index < -0.39 is 0 Å². The first-order valence-electron chi connectivity index (χ1n) is 18.1. The molecule has 244 valence electrons. The molecule has 4 aliphatic carbocycles. The maximum absolute atomic E-state index is 6.68. The first kappa shape index (κ1) is 29.1. The molecular formula is C44H43N4O+. The SMILES string of the molecule is CC(C)(C)c1ccnc(-n2c3ccccc3c3ccc(Oc4cccc(-n5c[n+](C67CC8CC(CC(C8)C6)C7)c6ccccc65)c4)cc32)c1. The zero-order chi connectivity index (χ0) is 32.9. The lowest BCUT2D eigenvalue weighted by molar-refractivity contribution is -0.755. The van der Waals surface area contributed by atoms with Crippen LogP contribution in [0.3, 0.4) is 0 Å². The fourth-order valence-electron chi connectivity index (χ4n) is 10.2. The summed E-state index contributed by atoms with van der Waals surface area (Å²) in [6.45, 7) is 6.74. The number of fused-ring (bicyclic) bond motifs is 4. The van der Waals surface area contributed by atoms with Crippen molar-refractivity contribution in [3.05, 3.63) is 121 Å². The van der Waals surface area contributed by atoms with Crippen LogP contribution < -0.4 is 9.30 Å². The first-order valence-corrected chi connectivity index (χ1v) is 18.1. The molecular weight excluding hydrogens is 601 g/mol. The zero-order valence-electron chi connectivity index (χ0n) is 28.6. The Morgan fingerprint density at radius 3 is 2.16 bits per heavy atom. The smallest absolute Gasteiger partial charge is 0.250 e. The number of benzene rings is 4. The number of para-hydroxylation sites is 3. The molecule has 0 saturated heterocycles. The lowest BCUT2D eigenvalue weighted by Gasteiger charge is -2.54. The summed E-state index contributed by atoms with van der Waals surface area (Å²) >= 11 is 0. The highest BCUT2D eigenvalue weighted by Crippen LogP contribution is 2.57. The van der Waals surface area contributed by atoms with Gasteiger partial charge in [-0.2, -0.15) is 4.57 Å². The van der Waals surface area contributed by atoms with Gasteiger partial charge >= 0.3 is 0 Å². The third-order valence-corrected chi connectivity index (χ3v) is 12.0. The van der Waals surface area contributed by atoms with Crippen molar-refractivity contribution in [2.75, 3.05) is 0 Å². The Bertz CT molecular complexity index is 2370. The Hall–Kier alpha value is -4.90. The van der Waals surface area contributed by atoms with E-state index in [2.05, 4.69) is 144 Å². The van der Waals surface area contributed by atoms with E-state index in [-0.39, 0.29) is 11.0 Å². The minimum atomic E-state index is 0.0231. The summed E-state index contributed by atoms with van der Waals surface area (Å²) in [5, 5.41) is 2.40. The van der Waals surface area contributed by atoms with Crippen molar-refractivity contribution in [1.29, 1.82) is 0 Å². The number of ether oxygens (including phenoxy) is 1. The molecule has 3 heterocycles. The van der Waals surface area contributed by atoms with Crippen LogP contribution in [0.5, 0.6) is 11.5 Å². The number of aromatic nitrogens is 4. The average Bonchev–Trinajstić information content (AvgIpc) is 3.64. The number of imidazole rings is 1. The van der Waals surface area contributed by atoms with Crippen molar-refractivity contribution in [1.82, 2.24) is 14.1 Å². The van der Waals surface area contributed by atoms with Crippen molar-refractivity contribution in [3.8, 4) is 23.0 Å². The molecule has 0 N–H and O–H groups in total. The topological polar surface area (TPSA) is 35.9 Å². The third kappa shape index (κ3) is 4.65. The lowest BCUT2D eigenvalue weighted by Crippen LogP contribution is -2.64. The molecule has 4 bridgehead atoms. The average molecular weight is 644 g/mol. The standard InChI is InChI=1S/C44H43N4O/c1-43(2,3)32-17-18-45-42(22-32)48-38-12-5-4-11-36(38)37-16-15-35(24-41(37)48)49-34-10-8-9-33(23-34)46-28-47(40-14-7-6-13-39(40)46)44-25-29-19-30(26-44)21-31(20-29)27-44/h4-18,22-24,28-31H,19-21,25-27H2,1-3H3/q+1. The number of rotatable bonds is 5. The molecule has 0 unspecified atom stereocenters. The maximum Gasteiger partial charge on any atom is 0.250 e. The second-order valence-electron chi connectivity index (χ2n) is 16.3. The van der Waals surface area contributed by atoms with Crippen LogP contribution in [0.2, 0.25) is 0 Å². The maximum atomic E-state index is 6.68. The summed E-state index contributed by atoms with van der Waals surface area (Å²) in [5.74, 6) is 5.24. The van der Waals surface area contributed by atoms with Crippen LogP contribution in [0.4, 0.5) is 0 Å². The highest BCUT2D eigenvalue weighted by molar-refractivity contribution is 6.09. The Morgan fingerprint density at radius 1 is 0.694 bits per heavy atom. The van der Waals surface area contributed by atoms with Crippen LogP contribution in [0, 0.1) is 17.8 Å². The summed E-state index contributed by atoms with van der Waals surface area (Å²) in [6, 6.07) is 36.9. The van der Waals surface area contributed by atoms with Gasteiger partial charge in [0.25, 0.3) is 0 Å². The van der Waals surface area contributed by atoms with Gasteiger partial charge in [0.15, 0.2) is 11.0 Å². The molecule has 4 saturated carbocycles. The van der Waals surface area contributed by atoms with Gasteiger partial charge in [-0.15, -0.1) is 0 Å². The van der Waals surface area contributed by atoms with E-state index in [1.165, 1.54) is 65.9 Å². The molecule has 5 heteroatoms. The van der Waals surface area contributed by atoms with Crippen LogP contribution in [0.1, 0.15) is 64.9 Å². The predicted molar refractivity (Wildman–Crippen MR) is 197 cm³/mol. The Kier molecular flexibility index (Phi) is 6.25. The Labute approximate surface area is 287 Å². The molecule has 0 radical (unpaired) electrons. The number of hydrogen-bond donors (Lipinski definition) is 0. The van der Waals surface area contributed by atoms with Crippen molar-refractivity contribution >= 4 is 32.8 Å². The minimum absolute atomic E-state index is 0.0231. The molecule has 4 aliphatic rings. The molecule has 0 spiro atoms. The van der Waals surface area contributed by atoms with Crippen LogP contribution >= 0.6 is 0 Å². The number of nitrogens with zero attached hydrogens (tertiary/aromatic N) is 4. The second-order valence-corrected chi connectivity index (χ2v) is 16.3. The summed E-state index contributed by atoms with van der Waals surface area (Å²) in [7, 11) is 0. The van der Waals surface area contributed by atoms with E-state index in [4.69, 9.17) is 9.72 Å². The third-order valence-electron chi connectivity index (χ3n) is 12.0. The minimum Gasteiger partial charge on any atom is -0.457 e. The number of hydrogen-bond acceptors (Lipinski definition) is 2. The van der Waals surface area contributed by atoms with Crippen molar-refractivity contribution in [2.24, 2.45) is 17.8 Å². The van der Waals surface area contributed by atoms with Gasteiger partial charge in [0.1, 0.15) is 28.5 Å². The Morgan fingerprint density at radius 2 is 1.39 bits per heavy atom. The summed E-state index contributed by atoms with van der Waals surface area (Å²) < 4.78 is 14.0. The fourth-order valence-corrected chi connectivity index (χ4v) is 10.2. The molecule has 7 aromatic rings. The van der Waals surface area contributed by atoms with E-state index >= 15 is 0 Å². The van der Waals surface area contributed by atoms with E-state index in [0.717, 1.165) is 51.8 Å². The lowest BCUT2D eigenvalue weighted by atomic mass is 9.53. The monoisotopic (exact) mass is 643 g/mol.